The van der Waals surface area contributed by atoms with Gasteiger partial charge in [0, 0.05) is 37.2 Å². The fourth-order valence-corrected chi connectivity index (χ4v) is 2.62. The molecule has 1 aliphatic rings. The number of nitrogens with zero attached hydrogens (tertiary/aromatic N) is 3. The minimum atomic E-state index is 0.549. The SMILES string of the molecule is C=CCN1CCC(Nc2nc(C)ns2)CC1. The summed E-state index contributed by atoms with van der Waals surface area (Å²) in [7, 11) is 0. The third-order valence-corrected chi connectivity index (χ3v) is 3.57. The molecule has 88 valence electrons. The quantitative estimate of drug-likeness (QED) is 0.814. The summed E-state index contributed by atoms with van der Waals surface area (Å²) in [6, 6.07) is 0.549. The van der Waals surface area contributed by atoms with Crippen LogP contribution in [0.5, 0.6) is 0 Å². The van der Waals surface area contributed by atoms with E-state index in [1.165, 1.54) is 24.4 Å². The monoisotopic (exact) mass is 238 g/mol. The van der Waals surface area contributed by atoms with Crippen LogP contribution in [0.1, 0.15) is 18.7 Å². The molecule has 1 aromatic rings. The molecule has 1 aliphatic heterocycles. The highest BCUT2D eigenvalue weighted by atomic mass is 32.1. The van der Waals surface area contributed by atoms with Gasteiger partial charge in [-0.1, -0.05) is 6.08 Å². The molecule has 1 saturated heterocycles. The molecule has 0 bridgehead atoms. The zero-order chi connectivity index (χ0) is 11.4. The topological polar surface area (TPSA) is 41.0 Å². The molecule has 0 spiro atoms. The molecule has 0 radical (unpaired) electrons. The summed E-state index contributed by atoms with van der Waals surface area (Å²) >= 11 is 1.45. The highest BCUT2D eigenvalue weighted by Gasteiger charge is 2.18. The molecular weight excluding hydrogens is 220 g/mol. The zero-order valence-electron chi connectivity index (χ0n) is 9.65. The zero-order valence-corrected chi connectivity index (χ0v) is 10.5. The standard InChI is InChI=1S/C11H18N4S/c1-3-6-15-7-4-10(5-8-15)13-11-12-9(2)14-16-11/h3,10H,1,4-8H2,2H3,(H,12,13,14). The summed E-state index contributed by atoms with van der Waals surface area (Å²) < 4.78 is 4.17. The van der Waals surface area contributed by atoms with E-state index >= 15 is 0 Å². The van der Waals surface area contributed by atoms with Gasteiger partial charge >= 0.3 is 0 Å². The van der Waals surface area contributed by atoms with E-state index < -0.39 is 0 Å². The number of hydrogen-bond acceptors (Lipinski definition) is 5. The van der Waals surface area contributed by atoms with Crippen LogP contribution in [0.2, 0.25) is 0 Å². The van der Waals surface area contributed by atoms with Crippen molar-refractivity contribution >= 4 is 16.7 Å². The lowest BCUT2D eigenvalue weighted by molar-refractivity contribution is 0.240. The highest BCUT2D eigenvalue weighted by molar-refractivity contribution is 7.09. The van der Waals surface area contributed by atoms with E-state index in [0.717, 1.165) is 30.6 Å². The van der Waals surface area contributed by atoms with Crippen LogP contribution in [0.15, 0.2) is 12.7 Å². The van der Waals surface area contributed by atoms with Crippen LogP contribution in [0.3, 0.4) is 0 Å². The predicted octanol–water partition coefficient (Wildman–Crippen LogP) is 1.91. The van der Waals surface area contributed by atoms with Gasteiger partial charge in [-0.2, -0.15) is 4.37 Å². The van der Waals surface area contributed by atoms with Gasteiger partial charge in [0.25, 0.3) is 0 Å². The summed E-state index contributed by atoms with van der Waals surface area (Å²) in [6.07, 6.45) is 4.32. The van der Waals surface area contributed by atoms with E-state index in [4.69, 9.17) is 0 Å². The van der Waals surface area contributed by atoms with Crippen molar-refractivity contribution < 1.29 is 0 Å². The molecule has 0 atom stereocenters. The Hall–Kier alpha value is -0.940. The van der Waals surface area contributed by atoms with E-state index in [-0.39, 0.29) is 0 Å². The van der Waals surface area contributed by atoms with Crippen LogP contribution in [-0.4, -0.2) is 39.9 Å². The number of aromatic nitrogens is 2. The van der Waals surface area contributed by atoms with Gasteiger partial charge in [0.05, 0.1) is 0 Å². The van der Waals surface area contributed by atoms with Crippen molar-refractivity contribution in [2.24, 2.45) is 0 Å². The number of nitrogens with one attached hydrogen (secondary N) is 1. The molecule has 0 aliphatic carbocycles. The Bertz CT molecular complexity index is 342. The van der Waals surface area contributed by atoms with Crippen LogP contribution in [-0.2, 0) is 0 Å². The number of hydrogen-bond donors (Lipinski definition) is 1. The average Bonchev–Trinajstić information content (AvgIpc) is 2.67. The molecule has 1 aromatic heterocycles. The van der Waals surface area contributed by atoms with Crippen LogP contribution in [0, 0.1) is 6.92 Å². The first-order valence-corrected chi connectivity index (χ1v) is 6.45. The van der Waals surface area contributed by atoms with Crippen molar-refractivity contribution in [3.8, 4) is 0 Å². The maximum absolute atomic E-state index is 4.33. The van der Waals surface area contributed by atoms with Gasteiger partial charge < -0.3 is 5.32 Å². The summed E-state index contributed by atoms with van der Waals surface area (Å²) in [5.41, 5.74) is 0. The second kappa shape index (κ2) is 5.41. The van der Waals surface area contributed by atoms with Crippen molar-refractivity contribution in [1.29, 1.82) is 0 Å². The molecule has 0 amide bonds. The lowest BCUT2D eigenvalue weighted by Gasteiger charge is -2.31. The van der Waals surface area contributed by atoms with E-state index in [1.54, 1.807) is 0 Å². The van der Waals surface area contributed by atoms with Crippen molar-refractivity contribution in [1.82, 2.24) is 14.3 Å². The first-order chi connectivity index (χ1) is 7.78. The van der Waals surface area contributed by atoms with E-state index in [9.17, 15) is 0 Å². The number of anilines is 1. The molecule has 5 heteroatoms. The Morgan fingerprint density at radius 3 is 2.88 bits per heavy atom. The Labute approximate surface area is 101 Å². The summed E-state index contributed by atoms with van der Waals surface area (Å²) in [6.45, 7) is 8.98. The molecule has 0 saturated carbocycles. The molecule has 4 nitrogen and oxygen atoms in total. The molecule has 0 aromatic carbocycles. The Kier molecular flexibility index (Phi) is 3.90. The predicted molar refractivity (Wildman–Crippen MR) is 67.9 cm³/mol. The van der Waals surface area contributed by atoms with Gasteiger partial charge in [0.1, 0.15) is 5.82 Å². The minimum absolute atomic E-state index is 0.549. The Morgan fingerprint density at radius 1 is 1.56 bits per heavy atom. The summed E-state index contributed by atoms with van der Waals surface area (Å²) in [4.78, 5) is 6.75. The smallest absolute Gasteiger partial charge is 0.202 e. The second-order valence-electron chi connectivity index (χ2n) is 4.15. The maximum Gasteiger partial charge on any atom is 0.202 e. The van der Waals surface area contributed by atoms with Crippen LogP contribution >= 0.6 is 11.5 Å². The molecule has 2 heterocycles. The van der Waals surface area contributed by atoms with Gasteiger partial charge in [-0.25, -0.2) is 4.98 Å². The molecule has 1 fully saturated rings. The van der Waals surface area contributed by atoms with Crippen LogP contribution in [0.25, 0.3) is 0 Å². The fourth-order valence-electron chi connectivity index (χ4n) is 1.97. The van der Waals surface area contributed by atoms with Gasteiger partial charge in [0.15, 0.2) is 0 Å². The van der Waals surface area contributed by atoms with Crippen molar-refractivity contribution in [2.75, 3.05) is 25.0 Å². The van der Waals surface area contributed by atoms with Crippen LogP contribution < -0.4 is 5.32 Å². The fraction of sp³-hybridized carbons (Fsp3) is 0.636. The lowest BCUT2D eigenvalue weighted by atomic mass is 10.1. The first-order valence-electron chi connectivity index (χ1n) is 5.68. The molecule has 1 N–H and O–H groups in total. The average molecular weight is 238 g/mol. The Morgan fingerprint density at radius 2 is 2.31 bits per heavy atom. The lowest BCUT2D eigenvalue weighted by Crippen LogP contribution is -2.39. The third kappa shape index (κ3) is 3.02. The summed E-state index contributed by atoms with van der Waals surface area (Å²) in [5, 5.41) is 4.41. The normalized spacial score (nSPS) is 18.6. The van der Waals surface area contributed by atoms with E-state index in [1.807, 2.05) is 13.0 Å². The largest absolute Gasteiger partial charge is 0.357 e. The van der Waals surface area contributed by atoms with Gasteiger partial charge in [0.2, 0.25) is 5.13 Å². The van der Waals surface area contributed by atoms with Gasteiger partial charge in [-0.05, 0) is 19.8 Å². The number of aryl methyl sites for hydroxylation is 1. The number of piperidine rings is 1. The minimum Gasteiger partial charge on any atom is -0.357 e. The van der Waals surface area contributed by atoms with Gasteiger partial charge in [-0.3, -0.25) is 4.90 Å². The van der Waals surface area contributed by atoms with Crippen LogP contribution in [0.4, 0.5) is 5.13 Å². The van der Waals surface area contributed by atoms with Crippen molar-refractivity contribution in [3.63, 3.8) is 0 Å². The maximum atomic E-state index is 4.33. The van der Waals surface area contributed by atoms with Crippen molar-refractivity contribution in [3.05, 3.63) is 18.5 Å². The summed E-state index contributed by atoms with van der Waals surface area (Å²) in [5.74, 6) is 0.858. The van der Waals surface area contributed by atoms with E-state index in [2.05, 4.69) is 26.2 Å². The van der Waals surface area contributed by atoms with E-state index in [0.29, 0.717) is 6.04 Å². The third-order valence-electron chi connectivity index (χ3n) is 2.83. The Balaban J connectivity index is 1.79. The first kappa shape index (κ1) is 11.5. The number of rotatable bonds is 4. The van der Waals surface area contributed by atoms with Gasteiger partial charge in [-0.15, -0.1) is 6.58 Å². The molecule has 0 unspecified atom stereocenters. The molecule has 16 heavy (non-hydrogen) atoms. The molecule has 2 rings (SSSR count). The molecular formula is C11H18N4S. The highest BCUT2D eigenvalue weighted by Crippen LogP contribution is 2.17. The second-order valence-corrected chi connectivity index (χ2v) is 4.91. The number of likely N-dealkylation sites (tertiary alicyclic amines) is 1. The van der Waals surface area contributed by atoms with Crippen molar-refractivity contribution in [2.45, 2.75) is 25.8 Å².